The van der Waals surface area contributed by atoms with Gasteiger partial charge >= 0.3 is 0 Å². The Balaban J connectivity index is 1.73. The van der Waals surface area contributed by atoms with Crippen LogP contribution < -0.4 is 23.7 Å². The minimum Gasteiger partial charge on any atom is -0.496 e. The van der Waals surface area contributed by atoms with Crippen molar-refractivity contribution in [3.8, 4) is 28.7 Å². The summed E-state index contributed by atoms with van der Waals surface area (Å²) in [6.45, 7) is 4.40. The molecule has 1 aliphatic rings. The lowest BCUT2D eigenvalue weighted by molar-refractivity contribution is 0.0321. The maximum atomic E-state index is 12.9. The van der Waals surface area contributed by atoms with E-state index in [0.717, 1.165) is 38.3 Å². The van der Waals surface area contributed by atoms with Crippen molar-refractivity contribution in [2.75, 3.05) is 67.9 Å². The summed E-state index contributed by atoms with van der Waals surface area (Å²) in [5.74, 6) is 2.28. The van der Waals surface area contributed by atoms with Gasteiger partial charge < -0.3 is 28.4 Å². The predicted molar refractivity (Wildman–Crippen MR) is 134 cm³/mol. The van der Waals surface area contributed by atoms with Crippen molar-refractivity contribution in [3.05, 3.63) is 46.9 Å². The summed E-state index contributed by atoms with van der Waals surface area (Å²) in [4.78, 5) is 2.26. The van der Waals surface area contributed by atoms with E-state index in [1.54, 1.807) is 37.4 Å². The van der Waals surface area contributed by atoms with Crippen LogP contribution in [0.25, 0.3) is 6.08 Å². The van der Waals surface area contributed by atoms with Crippen LogP contribution in [0.3, 0.4) is 0 Å². The van der Waals surface area contributed by atoms with Gasteiger partial charge in [-0.05, 0) is 23.8 Å². The molecule has 192 valence electrons. The first-order valence-corrected chi connectivity index (χ1v) is 12.9. The number of benzene rings is 2. The van der Waals surface area contributed by atoms with E-state index in [2.05, 4.69) is 4.90 Å². The molecular formula is C25H33NO8S. The molecule has 0 bridgehead atoms. The molecule has 0 N–H and O–H groups in total. The Bertz CT molecular complexity index is 1090. The summed E-state index contributed by atoms with van der Waals surface area (Å²) in [5, 5.41) is 1.16. The first-order chi connectivity index (χ1) is 16.9. The highest BCUT2D eigenvalue weighted by Gasteiger charge is 2.16. The van der Waals surface area contributed by atoms with Crippen molar-refractivity contribution < 1.29 is 36.8 Å². The van der Waals surface area contributed by atoms with Gasteiger partial charge in [-0.1, -0.05) is 6.07 Å². The number of ether oxygens (including phenoxy) is 6. The second kappa shape index (κ2) is 12.7. The van der Waals surface area contributed by atoms with Crippen LogP contribution in [0.15, 0.2) is 35.7 Å². The number of hydrogen-bond acceptors (Lipinski definition) is 9. The fourth-order valence-electron chi connectivity index (χ4n) is 3.68. The standard InChI is InChI=1S/C25H33NO8S/c1-29-20-16-23(31-3)21(24(17-20)32-4)7-14-35(27,28)18-19-5-6-22(30-2)25(15-19)34-13-10-26-8-11-33-12-9-26/h5-7,14-17H,8-13,18H2,1-4H3/b14-7+. The molecule has 0 radical (unpaired) electrons. The highest BCUT2D eigenvalue weighted by atomic mass is 32.2. The third kappa shape index (κ3) is 7.51. The minimum atomic E-state index is -3.61. The van der Waals surface area contributed by atoms with Crippen molar-refractivity contribution >= 4 is 15.9 Å². The number of sulfone groups is 1. The summed E-state index contributed by atoms with van der Waals surface area (Å²) < 4.78 is 58.5. The molecule has 1 heterocycles. The molecule has 1 saturated heterocycles. The highest BCUT2D eigenvalue weighted by Crippen LogP contribution is 2.35. The molecule has 35 heavy (non-hydrogen) atoms. The number of methoxy groups -OCH3 is 4. The largest absolute Gasteiger partial charge is 0.496 e. The van der Waals surface area contributed by atoms with Gasteiger partial charge in [0.15, 0.2) is 21.3 Å². The Morgan fingerprint density at radius 1 is 0.886 bits per heavy atom. The zero-order chi connectivity index (χ0) is 25.3. The molecule has 9 nitrogen and oxygen atoms in total. The number of rotatable bonds is 12. The lowest BCUT2D eigenvalue weighted by atomic mass is 10.1. The third-order valence-corrected chi connectivity index (χ3v) is 6.85. The number of morpholine rings is 1. The molecule has 3 rings (SSSR count). The van der Waals surface area contributed by atoms with Gasteiger partial charge in [-0.2, -0.15) is 0 Å². The summed E-state index contributed by atoms with van der Waals surface area (Å²) in [7, 11) is 2.47. The Kier molecular flexibility index (Phi) is 9.64. The Morgan fingerprint density at radius 3 is 2.14 bits per heavy atom. The molecule has 1 aliphatic heterocycles. The maximum Gasteiger partial charge on any atom is 0.175 e. The first-order valence-electron chi connectivity index (χ1n) is 11.2. The summed E-state index contributed by atoms with van der Waals surface area (Å²) in [6, 6.07) is 8.47. The molecule has 0 aromatic heterocycles. The van der Waals surface area contributed by atoms with Gasteiger partial charge in [0.1, 0.15) is 23.9 Å². The number of nitrogens with zero attached hydrogens (tertiary/aromatic N) is 1. The molecule has 1 fully saturated rings. The number of hydrogen-bond donors (Lipinski definition) is 0. The molecule has 0 atom stereocenters. The first kappa shape index (κ1) is 26.7. The monoisotopic (exact) mass is 507 g/mol. The molecular weight excluding hydrogens is 474 g/mol. The normalized spacial score (nSPS) is 14.6. The fourth-order valence-corrected chi connectivity index (χ4v) is 4.77. The van der Waals surface area contributed by atoms with Gasteiger partial charge in [-0.15, -0.1) is 0 Å². The van der Waals surface area contributed by atoms with Gasteiger partial charge in [-0.3, -0.25) is 4.90 Å². The molecule has 0 aliphatic carbocycles. The van der Waals surface area contributed by atoms with E-state index in [-0.39, 0.29) is 5.75 Å². The van der Waals surface area contributed by atoms with E-state index in [9.17, 15) is 8.42 Å². The van der Waals surface area contributed by atoms with E-state index < -0.39 is 9.84 Å². The average molecular weight is 508 g/mol. The van der Waals surface area contributed by atoms with Crippen molar-refractivity contribution in [1.29, 1.82) is 0 Å². The van der Waals surface area contributed by atoms with Crippen LogP contribution in [-0.2, 0) is 20.3 Å². The van der Waals surface area contributed by atoms with Crippen LogP contribution in [0.5, 0.6) is 28.7 Å². The zero-order valence-corrected chi connectivity index (χ0v) is 21.4. The summed E-state index contributed by atoms with van der Waals surface area (Å²) in [6.07, 6.45) is 1.47. The van der Waals surface area contributed by atoms with Crippen molar-refractivity contribution in [2.45, 2.75) is 5.75 Å². The summed E-state index contributed by atoms with van der Waals surface area (Å²) in [5.41, 5.74) is 1.09. The predicted octanol–water partition coefficient (Wildman–Crippen LogP) is 3.02. The molecule has 0 amide bonds. The topological polar surface area (TPSA) is 92.8 Å². The molecule has 2 aromatic rings. The van der Waals surface area contributed by atoms with Crippen LogP contribution >= 0.6 is 0 Å². The minimum absolute atomic E-state index is 0.200. The molecule has 0 saturated carbocycles. The van der Waals surface area contributed by atoms with Crippen LogP contribution in [0.4, 0.5) is 0 Å². The third-order valence-electron chi connectivity index (χ3n) is 5.56. The molecule has 0 unspecified atom stereocenters. The van der Waals surface area contributed by atoms with E-state index in [1.807, 2.05) is 0 Å². The van der Waals surface area contributed by atoms with Crippen molar-refractivity contribution in [2.24, 2.45) is 0 Å². The van der Waals surface area contributed by atoms with Gasteiger partial charge in [0.05, 0.1) is 53.0 Å². The van der Waals surface area contributed by atoms with E-state index in [0.29, 0.717) is 46.5 Å². The van der Waals surface area contributed by atoms with Gasteiger partial charge in [0.2, 0.25) is 0 Å². The van der Waals surface area contributed by atoms with Crippen molar-refractivity contribution in [3.63, 3.8) is 0 Å². The lowest BCUT2D eigenvalue weighted by Gasteiger charge is -2.26. The molecule has 2 aromatic carbocycles. The fraction of sp³-hybridized carbons (Fsp3) is 0.440. The van der Waals surface area contributed by atoms with Crippen LogP contribution in [0, 0.1) is 0 Å². The molecule has 0 spiro atoms. The van der Waals surface area contributed by atoms with Gasteiger partial charge in [0, 0.05) is 37.2 Å². The average Bonchev–Trinajstić information content (AvgIpc) is 2.87. The van der Waals surface area contributed by atoms with Crippen LogP contribution in [0.2, 0.25) is 0 Å². The Morgan fingerprint density at radius 2 is 1.54 bits per heavy atom. The van der Waals surface area contributed by atoms with E-state index in [1.165, 1.54) is 27.4 Å². The Labute approximate surface area is 207 Å². The quantitative estimate of drug-likeness (QED) is 0.430. The van der Waals surface area contributed by atoms with Gasteiger partial charge in [0.25, 0.3) is 0 Å². The zero-order valence-electron chi connectivity index (χ0n) is 20.6. The Hall–Kier alpha value is -2.95. The van der Waals surface area contributed by atoms with Gasteiger partial charge in [-0.25, -0.2) is 8.42 Å². The van der Waals surface area contributed by atoms with Crippen molar-refractivity contribution in [1.82, 2.24) is 4.90 Å². The van der Waals surface area contributed by atoms with E-state index >= 15 is 0 Å². The second-order valence-corrected chi connectivity index (χ2v) is 9.73. The van der Waals surface area contributed by atoms with Crippen LogP contribution in [-0.4, -0.2) is 81.2 Å². The van der Waals surface area contributed by atoms with Crippen LogP contribution in [0.1, 0.15) is 11.1 Å². The molecule has 10 heteroatoms. The smallest absolute Gasteiger partial charge is 0.175 e. The summed E-state index contributed by atoms with van der Waals surface area (Å²) >= 11 is 0. The van der Waals surface area contributed by atoms with E-state index in [4.69, 9.17) is 28.4 Å². The lowest BCUT2D eigenvalue weighted by Crippen LogP contribution is -2.38. The second-order valence-electron chi connectivity index (χ2n) is 7.84. The highest BCUT2D eigenvalue weighted by molar-refractivity contribution is 7.93. The maximum absolute atomic E-state index is 12.9. The SMILES string of the molecule is COc1cc(OC)c(/C=C/S(=O)(=O)Cc2ccc(OC)c(OCCN3CCOCC3)c2)c(OC)c1.